The molecule has 0 saturated carbocycles. The zero-order valence-corrected chi connectivity index (χ0v) is 26.7. The largest absolute Gasteiger partial charge is 0.455 e. The van der Waals surface area contributed by atoms with Gasteiger partial charge in [-0.1, -0.05) is 129 Å². The predicted molar refractivity (Wildman–Crippen MR) is 169 cm³/mol. The molecule has 1 aliphatic heterocycles. The van der Waals surface area contributed by atoms with Crippen molar-refractivity contribution >= 4 is 5.97 Å². The van der Waals surface area contributed by atoms with Crippen molar-refractivity contribution in [3.63, 3.8) is 0 Å². The highest BCUT2D eigenvalue weighted by Gasteiger charge is 2.24. The number of rotatable bonds is 29. The quantitative estimate of drug-likeness (QED) is 0.0525. The molecule has 0 aliphatic carbocycles. The molecule has 1 heterocycles. The van der Waals surface area contributed by atoms with Crippen LogP contribution in [0.4, 0.5) is 0 Å². The Labute approximate surface area is 252 Å². The Bertz CT molecular complexity index is 651. The fraction of sp³-hybridized carbons (Fsp3) is 0.914. The topological polar surface area (TPSA) is 107 Å². The second-order valence-corrected chi connectivity index (χ2v) is 12.8. The number of cyclic esters (lactones) is 1. The van der Waals surface area contributed by atoms with Crippen LogP contribution in [-0.2, 0) is 9.53 Å². The molecule has 0 saturated heterocycles. The van der Waals surface area contributed by atoms with E-state index in [9.17, 15) is 25.2 Å². The van der Waals surface area contributed by atoms with E-state index in [2.05, 4.69) is 6.92 Å². The van der Waals surface area contributed by atoms with E-state index < -0.39 is 18.3 Å². The minimum absolute atomic E-state index is 0.190. The van der Waals surface area contributed by atoms with Crippen LogP contribution in [0.3, 0.4) is 0 Å². The minimum Gasteiger partial charge on any atom is -0.455 e. The Hall–Kier alpha value is -0.950. The van der Waals surface area contributed by atoms with E-state index in [4.69, 9.17) is 4.74 Å². The number of ether oxygens (including phenoxy) is 1. The summed E-state index contributed by atoms with van der Waals surface area (Å²) < 4.78 is 5.06. The van der Waals surface area contributed by atoms with Crippen LogP contribution >= 0.6 is 0 Å². The summed E-state index contributed by atoms with van der Waals surface area (Å²) in [6.45, 7) is 4.08. The SMILES string of the molecule is CCCCCCCCCCCCCC[C@@H](O)[C@@H](O)CCCCCC[C@@H](O)CCCCC[C@@H](O)CC1=C[C@H](C)OC1=O. The number of hydrogen-bond donors (Lipinski definition) is 4. The van der Waals surface area contributed by atoms with Gasteiger partial charge in [-0.3, -0.25) is 0 Å². The number of esters is 1. The molecule has 1 aliphatic rings. The first-order chi connectivity index (χ1) is 19.8. The van der Waals surface area contributed by atoms with Crippen molar-refractivity contribution in [2.45, 2.75) is 205 Å². The van der Waals surface area contributed by atoms with Gasteiger partial charge >= 0.3 is 5.97 Å². The third kappa shape index (κ3) is 21.4. The van der Waals surface area contributed by atoms with Gasteiger partial charge < -0.3 is 25.2 Å². The molecule has 0 aromatic carbocycles. The average molecular weight is 583 g/mol. The molecule has 6 heteroatoms. The molecular formula is C35H66O6. The normalized spacial score (nSPS) is 18.2. The lowest BCUT2D eigenvalue weighted by molar-refractivity contribution is -0.139. The summed E-state index contributed by atoms with van der Waals surface area (Å²) in [6.07, 6.45) is 26.0. The molecule has 0 fully saturated rings. The molecule has 0 aromatic rings. The lowest BCUT2D eigenvalue weighted by Crippen LogP contribution is -2.25. The molecule has 0 spiro atoms. The first-order valence-electron chi connectivity index (χ1n) is 17.5. The summed E-state index contributed by atoms with van der Waals surface area (Å²) >= 11 is 0. The van der Waals surface area contributed by atoms with Crippen LogP contribution < -0.4 is 0 Å². The van der Waals surface area contributed by atoms with Gasteiger partial charge in [0, 0.05) is 12.0 Å². The van der Waals surface area contributed by atoms with Crippen LogP contribution in [-0.4, -0.2) is 56.9 Å². The molecule has 0 unspecified atom stereocenters. The molecule has 6 nitrogen and oxygen atoms in total. The van der Waals surface area contributed by atoms with Crippen molar-refractivity contribution in [1.29, 1.82) is 0 Å². The van der Waals surface area contributed by atoms with Gasteiger partial charge in [-0.25, -0.2) is 4.79 Å². The lowest BCUT2D eigenvalue weighted by atomic mass is 9.98. The molecule has 5 atom stereocenters. The maximum atomic E-state index is 11.6. The van der Waals surface area contributed by atoms with Gasteiger partial charge in [-0.15, -0.1) is 0 Å². The number of carbonyl (C=O) groups is 1. The van der Waals surface area contributed by atoms with Crippen molar-refractivity contribution < 1.29 is 30.0 Å². The zero-order chi connectivity index (χ0) is 30.1. The molecular weight excluding hydrogens is 516 g/mol. The fourth-order valence-electron chi connectivity index (χ4n) is 5.88. The van der Waals surface area contributed by atoms with E-state index in [0.29, 0.717) is 31.3 Å². The zero-order valence-electron chi connectivity index (χ0n) is 26.7. The van der Waals surface area contributed by atoms with Crippen molar-refractivity contribution in [3.05, 3.63) is 11.6 Å². The summed E-state index contributed by atoms with van der Waals surface area (Å²) in [5.74, 6) is -0.307. The second kappa shape index (κ2) is 25.5. The van der Waals surface area contributed by atoms with Gasteiger partial charge in [0.2, 0.25) is 0 Å². The summed E-state index contributed by atoms with van der Waals surface area (Å²) in [7, 11) is 0. The van der Waals surface area contributed by atoms with E-state index >= 15 is 0 Å². The highest BCUT2D eigenvalue weighted by Crippen LogP contribution is 2.21. The lowest BCUT2D eigenvalue weighted by Gasteiger charge is -2.17. The van der Waals surface area contributed by atoms with Gasteiger partial charge in [-0.2, -0.15) is 0 Å². The first-order valence-corrected chi connectivity index (χ1v) is 17.5. The maximum Gasteiger partial charge on any atom is 0.334 e. The van der Waals surface area contributed by atoms with Crippen molar-refractivity contribution in [3.8, 4) is 0 Å². The van der Waals surface area contributed by atoms with Crippen molar-refractivity contribution in [2.75, 3.05) is 0 Å². The third-order valence-corrected chi connectivity index (χ3v) is 8.61. The van der Waals surface area contributed by atoms with Crippen LogP contribution in [0.25, 0.3) is 0 Å². The summed E-state index contributed by atoms with van der Waals surface area (Å²) in [6, 6.07) is 0. The Kier molecular flexibility index (Phi) is 23.7. The molecule has 4 N–H and O–H groups in total. The number of carbonyl (C=O) groups excluding carboxylic acids is 1. The van der Waals surface area contributed by atoms with Gasteiger partial charge in [0.05, 0.1) is 24.4 Å². The van der Waals surface area contributed by atoms with Crippen LogP contribution in [0.5, 0.6) is 0 Å². The van der Waals surface area contributed by atoms with Crippen molar-refractivity contribution in [1.82, 2.24) is 0 Å². The maximum absolute atomic E-state index is 11.6. The highest BCUT2D eigenvalue weighted by atomic mass is 16.5. The van der Waals surface area contributed by atoms with Crippen LogP contribution in [0.15, 0.2) is 11.6 Å². The van der Waals surface area contributed by atoms with E-state index in [1.165, 1.54) is 64.2 Å². The second-order valence-electron chi connectivity index (χ2n) is 12.8. The van der Waals surface area contributed by atoms with E-state index in [1.54, 1.807) is 6.08 Å². The van der Waals surface area contributed by atoms with Crippen molar-refractivity contribution in [2.24, 2.45) is 0 Å². The Balaban J connectivity index is 1.87. The summed E-state index contributed by atoms with van der Waals surface area (Å²) in [5, 5.41) is 41.0. The monoisotopic (exact) mass is 582 g/mol. The van der Waals surface area contributed by atoms with E-state index in [1.807, 2.05) is 6.92 Å². The van der Waals surface area contributed by atoms with Crippen LogP contribution in [0.2, 0.25) is 0 Å². The number of aliphatic hydroxyl groups excluding tert-OH is 4. The fourth-order valence-corrected chi connectivity index (χ4v) is 5.88. The molecule has 0 aromatic heterocycles. The van der Waals surface area contributed by atoms with E-state index in [-0.39, 0.29) is 18.2 Å². The summed E-state index contributed by atoms with van der Waals surface area (Å²) in [4.78, 5) is 11.6. The molecule has 0 radical (unpaired) electrons. The number of hydrogen-bond acceptors (Lipinski definition) is 6. The molecule has 0 bridgehead atoms. The van der Waals surface area contributed by atoms with Gasteiger partial charge in [0.25, 0.3) is 0 Å². The van der Waals surface area contributed by atoms with Gasteiger partial charge in [-0.05, 0) is 45.1 Å². The summed E-state index contributed by atoms with van der Waals surface area (Å²) in [5.41, 5.74) is 0.584. The number of unbranched alkanes of at least 4 members (excludes halogenated alkanes) is 16. The predicted octanol–water partition coefficient (Wildman–Crippen LogP) is 8.07. The highest BCUT2D eigenvalue weighted by molar-refractivity contribution is 5.90. The standard InChI is InChI=1S/C35H66O6/c1-3-4-5-6-7-8-9-10-11-12-13-20-25-33(38)34(39)26-21-15-14-17-22-31(36)23-18-16-19-24-32(37)28-30-27-29(2)41-35(30)40/h27,29,31-34,36-39H,3-26,28H2,1-2H3/t29-,31+,32+,33+,34-/m0/s1. The van der Waals surface area contributed by atoms with Gasteiger partial charge in [0.1, 0.15) is 6.10 Å². The third-order valence-electron chi connectivity index (χ3n) is 8.61. The average Bonchev–Trinajstić information content (AvgIpc) is 3.26. The first kappa shape index (κ1) is 38.1. The number of aliphatic hydroxyl groups is 4. The van der Waals surface area contributed by atoms with E-state index in [0.717, 1.165) is 70.6 Å². The molecule has 41 heavy (non-hydrogen) atoms. The van der Waals surface area contributed by atoms with Crippen LogP contribution in [0.1, 0.15) is 174 Å². The Morgan fingerprint density at radius 2 is 0.951 bits per heavy atom. The smallest absolute Gasteiger partial charge is 0.334 e. The minimum atomic E-state index is -0.612. The molecule has 242 valence electrons. The Morgan fingerprint density at radius 3 is 1.37 bits per heavy atom. The molecule has 0 amide bonds. The van der Waals surface area contributed by atoms with Gasteiger partial charge in [0.15, 0.2) is 0 Å². The molecule has 1 rings (SSSR count). The van der Waals surface area contributed by atoms with Crippen LogP contribution in [0, 0.1) is 0 Å². The Morgan fingerprint density at radius 1 is 0.585 bits per heavy atom.